The number of benzene rings is 1. The number of methoxy groups -OCH3 is 2. The van der Waals surface area contributed by atoms with E-state index < -0.39 is 36.2 Å². The van der Waals surface area contributed by atoms with Crippen LogP contribution in [0.25, 0.3) is 0 Å². The van der Waals surface area contributed by atoms with Crippen LogP contribution < -0.4 is 5.32 Å². The van der Waals surface area contributed by atoms with Crippen molar-refractivity contribution in [1.29, 1.82) is 0 Å². The van der Waals surface area contributed by atoms with Crippen LogP contribution in [0.3, 0.4) is 0 Å². The number of amides is 3. The molecule has 3 amide bonds. The molecule has 1 fully saturated rings. The number of halogens is 2. The molecule has 0 aliphatic carbocycles. The number of ether oxygens (including phenoxy) is 2. The molecule has 1 unspecified atom stereocenters. The average molecular weight is 572 g/mol. The first-order valence-corrected chi connectivity index (χ1v) is 13.0. The van der Waals surface area contributed by atoms with Crippen LogP contribution in [0.1, 0.15) is 36.1 Å². The maximum atomic E-state index is 14.3. The van der Waals surface area contributed by atoms with E-state index in [0.29, 0.717) is 13.1 Å². The van der Waals surface area contributed by atoms with E-state index in [1.165, 1.54) is 13.2 Å². The molecule has 1 N–H and O–H groups in total. The number of hydrazine groups is 1. The minimum atomic E-state index is -1.43. The number of pyridine rings is 1. The van der Waals surface area contributed by atoms with E-state index in [4.69, 9.17) is 9.47 Å². The van der Waals surface area contributed by atoms with Gasteiger partial charge >= 0.3 is 12.0 Å². The fourth-order valence-corrected chi connectivity index (χ4v) is 5.17. The summed E-state index contributed by atoms with van der Waals surface area (Å²) in [7, 11) is 2.45. The minimum Gasteiger partial charge on any atom is -0.466 e. The van der Waals surface area contributed by atoms with Crippen molar-refractivity contribution in [2.45, 2.75) is 24.8 Å². The SMILES string of the molecule is COCC1=C(C(=O)OC)C(c2ccc(F)c(F)c2)N(N(C=O)CC(=O)CN2CCC(c3ccccn3)CC2)C(=O)N1. The van der Waals surface area contributed by atoms with Gasteiger partial charge in [0.15, 0.2) is 17.4 Å². The quantitative estimate of drug-likeness (QED) is 0.322. The Morgan fingerprint density at radius 3 is 2.51 bits per heavy atom. The highest BCUT2D eigenvalue weighted by atomic mass is 19.2. The van der Waals surface area contributed by atoms with Crippen LogP contribution in [0.5, 0.6) is 0 Å². The van der Waals surface area contributed by atoms with Crippen molar-refractivity contribution in [3.8, 4) is 0 Å². The van der Waals surface area contributed by atoms with Crippen molar-refractivity contribution in [2.24, 2.45) is 0 Å². The molecule has 2 aromatic rings. The van der Waals surface area contributed by atoms with Crippen LogP contribution in [0.2, 0.25) is 0 Å². The number of nitrogens with zero attached hydrogens (tertiary/aromatic N) is 4. The van der Waals surface area contributed by atoms with E-state index >= 15 is 0 Å². The number of rotatable bonds is 11. The van der Waals surface area contributed by atoms with Gasteiger partial charge in [0.05, 0.1) is 31.5 Å². The predicted octanol–water partition coefficient (Wildman–Crippen LogP) is 2.32. The van der Waals surface area contributed by atoms with E-state index in [0.717, 1.165) is 47.8 Å². The zero-order valence-corrected chi connectivity index (χ0v) is 22.7. The highest BCUT2D eigenvalue weighted by Gasteiger charge is 2.43. The minimum absolute atomic E-state index is 0.0169. The van der Waals surface area contributed by atoms with E-state index in [-0.39, 0.29) is 48.1 Å². The number of nitrogens with one attached hydrogen (secondary N) is 1. The fourth-order valence-electron chi connectivity index (χ4n) is 5.17. The van der Waals surface area contributed by atoms with Crippen LogP contribution in [0.4, 0.5) is 13.6 Å². The Morgan fingerprint density at radius 1 is 1.15 bits per heavy atom. The normalized spacial score (nSPS) is 18.2. The smallest absolute Gasteiger partial charge is 0.341 e. The topological polar surface area (TPSA) is 121 Å². The molecule has 0 radical (unpaired) electrons. The van der Waals surface area contributed by atoms with Crippen LogP contribution in [-0.4, -0.2) is 91.1 Å². The number of ketones is 1. The molecule has 2 aliphatic heterocycles. The molecule has 0 spiro atoms. The van der Waals surface area contributed by atoms with E-state index in [9.17, 15) is 28.0 Å². The highest BCUT2D eigenvalue weighted by molar-refractivity contribution is 5.95. The number of Topliss-reactive ketones (excluding diaryl/α,β-unsaturated/α-hetero) is 1. The molecule has 1 aromatic carbocycles. The van der Waals surface area contributed by atoms with Crippen LogP contribution in [-0.2, 0) is 23.9 Å². The Balaban J connectivity index is 1.56. The van der Waals surface area contributed by atoms with Gasteiger partial charge in [-0.3, -0.25) is 19.5 Å². The summed E-state index contributed by atoms with van der Waals surface area (Å²) in [5.41, 5.74) is 0.829. The summed E-state index contributed by atoms with van der Waals surface area (Å²) in [5.74, 6) is -3.35. The van der Waals surface area contributed by atoms with Crippen LogP contribution in [0, 0.1) is 11.6 Å². The van der Waals surface area contributed by atoms with Crippen LogP contribution in [0.15, 0.2) is 53.9 Å². The molecule has 41 heavy (non-hydrogen) atoms. The van der Waals surface area contributed by atoms with Gasteiger partial charge in [-0.25, -0.2) is 28.4 Å². The number of esters is 1. The van der Waals surface area contributed by atoms with Gasteiger partial charge in [-0.05, 0) is 55.8 Å². The summed E-state index contributed by atoms with van der Waals surface area (Å²) in [6.45, 7) is 0.583. The number of urea groups is 1. The molecule has 0 bridgehead atoms. The van der Waals surface area contributed by atoms with Crippen molar-refractivity contribution < 1.29 is 37.4 Å². The van der Waals surface area contributed by atoms with Crippen molar-refractivity contribution in [2.75, 3.05) is 47.0 Å². The molecule has 4 rings (SSSR count). The maximum Gasteiger partial charge on any atom is 0.341 e. The van der Waals surface area contributed by atoms with Crippen molar-refractivity contribution >= 4 is 24.2 Å². The Kier molecular flexibility index (Phi) is 9.73. The Labute approximate surface area is 235 Å². The lowest BCUT2D eigenvalue weighted by Gasteiger charge is -2.42. The van der Waals surface area contributed by atoms with Gasteiger partial charge in [0.2, 0.25) is 6.41 Å². The Bertz CT molecular complexity index is 1320. The zero-order chi connectivity index (χ0) is 29.5. The summed E-state index contributed by atoms with van der Waals surface area (Å²) in [6, 6.07) is 6.31. The number of hydrogen-bond donors (Lipinski definition) is 1. The van der Waals surface area contributed by atoms with Gasteiger partial charge in [-0.15, -0.1) is 0 Å². The lowest BCUT2D eigenvalue weighted by Crippen LogP contribution is -2.58. The summed E-state index contributed by atoms with van der Waals surface area (Å²) in [6.07, 6.45) is 3.64. The standard InChI is InChI=1S/C28H31F2N5O6/c1-40-16-24-25(27(38)41-2)26(19-6-7-21(29)22(30)13-19)35(28(39)32-24)34(17-36)15-20(37)14-33-11-8-18(9-12-33)23-5-3-4-10-31-23/h3-7,10,13,17-18,26H,8-9,11-12,14-16H2,1-2H3,(H,32,39). The van der Waals surface area contributed by atoms with Gasteiger partial charge in [-0.2, -0.15) is 0 Å². The number of hydrogen-bond acceptors (Lipinski definition) is 8. The van der Waals surface area contributed by atoms with Crippen molar-refractivity contribution in [3.05, 3.63) is 76.8 Å². The third kappa shape index (κ3) is 6.74. The second-order valence-corrected chi connectivity index (χ2v) is 9.71. The van der Waals surface area contributed by atoms with Crippen molar-refractivity contribution in [3.63, 3.8) is 0 Å². The van der Waals surface area contributed by atoms with Gasteiger partial charge in [0.1, 0.15) is 12.6 Å². The summed E-state index contributed by atoms with van der Waals surface area (Å²) < 4.78 is 38.1. The molecular formula is C28H31F2N5O6. The first kappa shape index (κ1) is 29.7. The zero-order valence-electron chi connectivity index (χ0n) is 22.7. The van der Waals surface area contributed by atoms with Gasteiger partial charge in [0.25, 0.3) is 0 Å². The summed E-state index contributed by atoms with van der Waals surface area (Å²) in [5, 5.41) is 4.14. The molecule has 3 heterocycles. The first-order chi connectivity index (χ1) is 19.8. The van der Waals surface area contributed by atoms with Gasteiger partial charge in [0, 0.05) is 24.9 Å². The molecule has 11 nitrogen and oxygen atoms in total. The maximum absolute atomic E-state index is 14.3. The van der Waals surface area contributed by atoms with E-state index in [1.807, 2.05) is 23.1 Å². The fraction of sp³-hybridized carbons (Fsp3) is 0.393. The van der Waals surface area contributed by atoms with Gasteiger partial charge in [-0.1, -0.05) is 12.1 Å². The van der Waals surface area contributed by atoms with Gasteiger partial charge < -0.3 is 14.8 Å². The first-order valence-electron chi connectivity index (χ1n) is 13.0. The molecule has 0 saturated carbocycles. The van der Waals surface area contributed by atoms with E-state index in [2.05, 4.69) is 10.3 Å². The summed E-state index contributed by atoms with van der Waals surface area (Å²) >= 11 is 0. The largest absolute Gasteiger partial charge is 0.466 e. The number of likely N-dealkylation sites (tertiary alicyclic amines) is 1. The highest BCUT2D eigenvalue weighted by Crippen LogP contribution is 2.36. The molecule has 2 aliphatic rings. The lowest BCUT2D eigenvalue weighted by molar-refractivity contribution is -0.143. The third-order valence-electron chi connectivity index (χ3n) is 7.09. The molecular weight excluding hydrogens is 540 g/mol. The molecule has 1 aromatic heterocycles. The second kappa shape index (κ2) is 13.4. The number of carbonyl (C=O) groups is 4. The monoisotopic (exact) mass is 571 g/mol. The molecule has 218 valence electrons. The molecule has 13 heteroatoms. The average Bonchev–Trinajstić information content (AvgIpc) is 2.98. The lowest BCUT2D eigenvalue weighted by atomic mass is 9.93. The Morgan fingerprint density at radius 2 is 1.90 bits per heavy atom. The Hall–Kier alpha value is -4.23. The van der Waals surface area contributed by atoms with Crippen LogP contribution >= 0.6 is 0 Å². The second-order valence-electron chi connectivity index (χ2n) is 9.71. The van der Waals surface area contributed by atoms with E-state index in [1.54, 1.807) is 6.20 Å². The third-order valence-corrected chi connectivity index (χ3v) is 7.09. The summed E-state index contributed by atoms with van der Waals surface area (Å²) in [4.78, 5) is 58.0. The number of carbonyl (C=O) groups excluding carboxylic acids is 4. The van der Waals surface area contributed by atoms with Crippen molar-refractivity contribution in [1.82, 2.24) is 25.2 Å². The predicted molar refractivity (Wildman–Crippen MR) is 141 cm³/mol. The molecule has 1 atom stereocenters. The molecule has 1 saturated heterocycles. The number of piperidine rings is 1. The number of aromatic nitrogens is 1.